The van der Waals surface area contributed by atoms with Gasteiger partial charge >= 0.3 is 6.03 Å². The van der Waals surface area contributed by atoms with Crippen LogP contribution >= 0.6 is 0 Å². The quantitative estimate of drug-likeness (QED) is 0.895. The lowest BCUT2D eigenvalue weighted by Gasteiger charge is -2.30. The molecule has 0 spiro atoms. The van der Waals surface area contributed by atoms with E-state index in [1.54, 1.807) is 0 Å². The van der Waals surface area contributed by atoms with Gasteiger partial charge in [0.1, 0.15) is 0 Å². The number of aryl methyl sites for hydroxylation is 1. The Morgan fingerprint density at radius 3 is 2.68 bits per heavy atom. The predicted molar refractivity (Wildman–Crippen MR) is 104 cm³/mol. The molecule has 1 fully saturated rings. The second-order valence-corrected chi connectivity index (χ2v) is 6.88. The highest BCUT2D eigenvalue weighted by Crippen LogP contribution is 2.23. The first kappa shape index (κ1) is 17.3. The van der Waals surface area contributed by atoms with Crippen LogP contribution in [0, 0.1) is 13.8 Å². The Morgan fingerprint density at radius 1 is 1.16 bits per heavy atom. The van der Waals surface area contributed by atoms with Crippen molar-refractivity contribution in [3.05, 3.63) is 59.7 Å². The van der Waals surface area contributed by atoms with Crippen molar-refractivity contribution in [2.75, 3.05) is 30.4 Å². The summed E-state index contributed by atoms with van der Waals surface area (Å²) in [6.07, 6.45) is 2.12. The molecule has 2 aromatic rings. The summed E-state index contributed by atoms with van der Waals surface area (Å²) < 4.78 is 0. The van der Waals surface area contributed by atoms with E-state index in [-0.39, 0.29) is 12.1 Å². The fraction of sp³-hybridized carbons (Fsp3) is 0.381. The van der Waals surface area contributed by atoms with E-state index < -0.39 is 0 Å². The van der Waals surface area contributed by atoms with Gasteiger partial charge in [-0.05, 0) is 56.0 Å². The lowest BCUT2D eigenvalue weighted by molar-refractivity contribution is 0.207. The number of carbonyl (C=O) groups is 1. The van der Waals surface area contributed by atoms with Crippen molar-refractivity contribution in [3.8, 4) is 0 Å². The molecule has 0 unspecified atom stereocenters. The fourth-order valence-electron chi connectivity index (χ4n) is 3.47. The standard InChI is InChI=1S/C21H27N3O/c1-16-9-7-13-20(17(16)2)22-21(25)24-14-8-12-19(24)15-23(3)18-10-5-4-6-11-18/h4-7,9-11,13,19H,8,12,14-15H2,1-3H3,(H,22,25)/t19-/m1/s1. The van der Waals surface area contributed by atoms with Gasteiger partial charge in [-0.3, -0.25) is 0 Å². The number of likely N-dealkylation sites (N-methyl/N-ethyl adjacent to an activating group) is 1. The monoisotopic (exact) mass is 337 g/mol. The van der Waals surface area contributed by atoms with Gasteiger partial charge in [-0.15, -0.1) is 0 Å². The van der Waals surface area contributed by atoms with Crippen LogP contribution in [0.15, 0.2) is 48.5 Å². The van der Waals surface area contributed by atoms with E-state index in [4.69, 9.17) is 0 Å². The summed E-state index contributed by atoms with van der Waals surface area (Å²) in [7, 11) is 2.09. The van der Waals surface area contributed by atoms with Gasteiger partial charge in [-0.1, -0.05) is 30.3 Å². The highest BCUT2D eigenvalue weighted by Gasteiger charge is 2.30. The molecule has 0 saturated carbocycles. The number of anilines is 2. The van der Waals surface area contributed by atoms with Crippen molar-refractivity contribution in [1.82, 2.24) is 4.90 Å². The van der Waals surface area contributed by atoms with Crippen molar-refractivity contribution < 1.29 is 4.79 Å². The number of hydrogen-bond donors (Lipinski definition) is 1. The first-order valence-electron chi connectivity index (χ1n) is 8.96. The van der Waals surface area contributed by atoms with Crippen molar-refractivity contribution in [2.45, 2.75) is 32.7 Å². The second kappa shape index (κ2) is 7.60. The number of rotatable bonds is 4. The van der Waals surface area contributed by atoms with Crippen LogP contribution in [-0.2, 0) is 0 Å². The maximum absolute atomic E-state index is 12.8. The summed E-state index contributed by atoms with van der Waals surface area (Å²) in [6.45, 7) is 5.79. The number of urea groups is 1. The lowest BCUT2D eigenvalue weighted by atomic mass is 10.1. The zero-order valence-electron chi connectivity index (χ0n) is 15.3. The molecule has 1 atom stereocenters. The zero-order valence-corrected chi connectivity index (χ0v) is 15.3. The predicted octanol–water partition coefficient (Wildman–Crippen LogP) is 4.44. The van der Waals surface area contributed by atoms with Crippen LogP contribution in [0.1, 0.15) is 24.0 Å². The van der Waals surface area contributed by atoms with E-state index in [0.717, 1.165) is 37.2 Å². The van der Waals surface area contributed by atoms with Gasteiger partial charge < -0.3 is 15.1 Å². The molecule has 4 heteroatoms. The molecule has 4 nitrogen and oxygen atoms in total. The Balaban J connectivity index is 1.66. The third-order valence-corrected chi connectivity index (χ3v) is 5.17. The highest BCUT2D eigenvalue weighted by atomic mass is 16.2. The van der Waals surface area contributed by atoms with Crippen molar-refractivity contribution in [1.29, 1.82) is 0 Å². The third kappa shape index (κ3) is 3.95. The summed E-state index contributed by atoms with van der Waals surface area (Å²) in [4.78, 5) is 17.0. The number of hydrogen-bond acceptors (Lipinski definition) is 2. The molecule has 132 valence electrons. The molecule has 0 bridgehead atoms. The van der Waals surface area contributed by atoms with Gasteiger partial charge in [0.2, 0.25) is 0 Å². The number of amides is 2. The first-order chi connectivity index (χ1) is 12.1. The minimum Gasteiger partial charge on any atom is -0.373 e. The van der Waals surface area contributed by atoms with Crippen molar-refractivity contribution >= 4 is 17.4 Å². The minimum absolute atomic E-state index is 0.0117. The van der Waals surface area contributed by atoms with Gasteiger partial charge in [-0.2, -0.15) is 0 Å². The molecule has 3 rings (SSSR count). The topological polar surface area (TPSA) is 35.6 Å². The Bertz CT molecular complexity index is 729. The lowest BCUT2D eigenvalue weighted by Crippen LogP contribution is -2.44. The Kier molecular flexibility index (Phi) is 5.27. The van der Waals surface area contributed by atoms with Crippen LogP contribution in [0.5, 0.6) is 0 Å². The van der Waals surface area contributed by atoms with Gasteiger partial charge in [0.05, 0.1) is 6.04 Å². The largest absolute Gasteiger partial charge is 0.373 e. The molecule has 2 aromatic carbocycles. The average Bonchev–Trinajstić information content (AvgIpc) is 3.08. The summed E-state index contributed by atoms with van der Waals surface area (Å²) in [5, 5.41) is 3.10. The normalized spacial score (nSPS) is 16.8. The summed E-state index contributed by atoms with van der Waals surface area (Å²) in [5.41, 5.74) is 4.42. The Hall–Kier alpha value is -2.49. The summed E-state index contributed by atoms with van der Waals surface area (Å²) >= 11 is 0. The molecule has 2 amide bonds. The van der Waals surface area contributed by atoms with Crippen molar-refractivity contribution in [3.63, 3.8) is 0 Å². The summed E-state index contributed by atoms with van der Waals surface area (Å²) in [5.74, 6) is 0. The van der Waals surface area contributed by atoms with E-state index in [1.807, 2.05) is 35.2 Å². The number of likely N-dealkylation sites (tertiary alicyclic amines) is 1. The van der Waals surface area contributed by atoms with Crippen LogP contribution in [-0.4, -0.2) is 37.1 Å². The molecule has 1 heterocycles. The van der Waals surface area contributed by atoms with Crippen LogP contribution in [0.3, 0.4) is 0 Å². The minimum atomic E-state index is 0.0117. The Morgan fingerprint density at radius 2 is 1.92 bits per heavy atom. The highest BCUT2D eigenvalue weighted by molar-refractivity contribution is 5.90. The number of carbonyl (C=O) groups excluding carboxylic acids is 1. The molecule has 1 aliphatic heterocycles. The smallest absolute Gasteiger partial charge is 0.322 e. The van der Waals surface area contributed by atoms with Gasteiger partial charge in [-0.25, -0.2) is 4.79 Å². The summed E-state index contributed by atoms with van der Waals surface area (Å²) in [6, 6.07) is 16.6. The third-order valence-electron chi connectivity index (χ3n) is 5.17. The molecule has 1 saturated heterocycles. The Labute approximate surface area is 150 Å². The zero-order chi connectivity index (χ0) is 17.8. The number of para-hydroxylation sites is 1. The average molecular weight is 337 g/mol. The number of nitrogens with one attached hydrogen (secondary N) is 1. The van der Waals surface area contributed by atoms with Crippen LogP contribution < -0.4 is 10.2 Å². The van der Waals surface area contributed by atoms with E-state index >= 15 is 0 Å². The molecule has 25 heavy (non-hydrogen) atoms. The maximum atomic E-state index is 12.8. The molecule has 0 radical (unpaired) electrons. The van der Waals surface area contributed by atoms with Crippen molar-refractivity contribution in [2.24, 2.45) is 0 Å². The molecule has 1 aliphatic rings. The SMILES string of the molecule is Cc1cccc(NC(=O)N2CCC[C@@H]2CN(C)c2ccccc2)c1C. The molecular formula is C21H27N3O. The van der Waals surface area contributed by atoms with Gasteiger partial charge in [0.25, 0.3) is 0 Å². The van der Waals surface area contributed by atoms with E-state index in [9.17, 15) is 4.79 Å². The van der Waals surface area contributed by atoms with Crippen LogP contribution in [0.4, 0.5) is 16.2 Å². The van der Waals surface area contributed by atoms with Gasteiger partial charge in [0.15, 0.2) is 0 Å². The number of benzene rings is 2. The van der Waals surface area contributed by atoms with Gasteiger partial charge in [0, 0.05) is 31.5 Å². The molecule has 0 aromatic heterocycles. The van der Waals surface area contributed by atoms with Crippen LogP contribution in [0.25, 0.3) is 0 Å². The molecule has 0 aliphatic carbocycles. The maximum Gasteiger partial charge on any atom is 0.322 e. The molecule has 1 N–H and O–H groups in total. The first-order valence-corrected chi connectivity index (χ1v) is 8.96. The van der Waals surface area contributed by atoms with Crippen LogP contribution in [0.2, 0.25) is 0 Å². The van der Waals surface area contributed by atoms with E-state index in [1.165, 1.54) is 11.3 Å². The second-order valence-electron chi connectivity index (χ2n) is 6.88. The molecular weight excluding hydrogens is 310 g/mol. The fourth-order valence-corrected chi connectivity index (χ4v) is 3.47. The number of nitrogens with zero attached hydrogens (tertiary/aromatic N) is 2. The van der Waals surface area contributed by atoms with E-state index in [2.05, 4.69) is 49.3 Å². The van der Waals surface area contributed by atoms with E-state index in [0.29, 0.717) is 0 Å².